The fraction of sp³-hybridized carbons (Fsp3) is 0.514. The highest BCUT2D eigenvalue weighted by molar-refractivity contribution is 8.18. The van der Waals surface area contributed by atoms with Crippen LogP contribution in [0.3, 0.4) is 0 Å². The predicted molar refractivity (Wildman–Crippen MR) is 171 cm³/mol. The molecule has 0 spiro atoms. The van der Waals surface area contributed by atoms with E-state index >= 15 is 0 Å². The maximum absolute atomic E-state index is 13.1. The normalized spacial score (nSPS) is 26.5. The van der Waals surface area contributed by atoms with Crippen molar-refractivity contribution in [1.82, 2.24) is 10.2 Å². The van der Waals surface area contributed by atoms with Gasteiger partial charge in [0, 0.05) is 5.54 Å². The van der Waals surface area contributed by atoms with E-state index in [0.717, 1.165) is 65.7 Å². The van der Waals surface area contributed by atoms with Crippen molar-refractivity contribution in [1.29, 1.82) is 0 Å². The number of carbonyl (C=O) groups is 3. The van der Waals surface area contributed by atoms with Gasteiger partial charge in [0.15, 0.2) is 18.1 Å². The summed E-state index contributed by atoms with van der Waals surface area (Å²) in [6, 6.07) is 11.4. The van der Waals surface area contributed by atoms with Crippen LogP contribution in [0.4, 0.5) is 4.79 Å². The number of nitrogens with one attached hydrogen (secondary N) is 1. The molecule has 5 fully saturated rings. The quantitative estimate of drug-likeness (QED) is 0.280. The summed E-state index contributed by atoms with van der Waals surface area (Å²) in [7, 11) is 1.54. The van der Waals surface area contributed by atoms with E-state index in [2.05, 4.69) is 31.3 Å². The summed E-state index contributed by atoms with van der Waals surface area (Å²) in [6.45, 7) is 6.50. The lowest BCUT2D eigenvalue weighted by Gasteiger charge is -2.56. The van der Waals surface area contributed by atoms with Gasteiger partial charge in [0.1, 0.15) is 12.4 Å². The van der Waals surface area contributed by atoms with E-state index in [1.807, 2.05) is 13.0 Å². The van der Waals surface area contributed by atoms with Gasteiger partial charge in [-0.1, -0.05) is 32.0 Å². The lowest BCUT2D eigenvalue weighted by Crippen LogP contribution is -2.60. The Balaban J connectivity index is 1.05. The number of benzene rings is 2. The van der Waals surface area contributed by atoms with Crippen molar-refractivity contribution in [2.45, 2.75) is 70.8 Å². The maximum atomic E-state index is 13.1. The van der Waals surface area contributed by atoms with E-state index in [1.54, 1.807) is 24.3 Å². The third-order valence-electron chi connectivity index (χ3n) is 9.52. The molecule has 0 atom stereocenters. The van der Waals surface area contributed by atoms with E-state index in [1.165, 1.54) is 31.3 Å². The first-order valence-electron chi connectivity index (χ1n) is 15.7. The Hall–Kier alpha value is -3.46. The number of amides is 3. The van der Waals surface area contributed by atoms with Gasteiger partial charge in [0.2, 0.25) is 0 Å². The standard InChI is InChI=1S/C35H42N2O6S/c1-21(2)27-7-5-22(3)11-29(27)42-10-9-37-33(39)31(44-34(37)40)16-23-6-8-28(30(15-23)41-4)43-20-32(38)36-35-17-24-12-25(18-35)14-26(13-24)19-35/h5-8,11,15-16,21,24-26H,9-10,12-14,17-20H2,1-4H3,(H,36,38)/b31-16-. The number of rotatable bonds is 11. The highest BCUT2D eigenvalue weighted by atomic mass is 32.2. The zero-order chi connectivity index (χ0) is 31.0. The lowest BCUT2D eigenvalue weighted by molar-refractivity contribution is -0.129. The summed E-state index contributed by atoms with van der Waals surface area (Å²) in [5.41, 5.74) is 2.81. The summed E-state index contributed by atoms with van der Waals surface area (Å²) in [4.78, 5) is 40.3. The van der Waals surface area contributed by atoms with Gasteiger partial charge in [0.25, 0.3) is 17.1 Å². The second-order valence-corrected chi connectivity index (χ2v) is 14.3. The highest BCUT2D eigenvalue weighted by Crippen LogP contribution is 2.55. The van der Waals surface area contributed by atoms with Crippen molar-refractivity contribution in [2.75, 3.05) is 26.9 Å². The van der Waals surface area contributed by atoms with Crippen LogP contribution in [0, 0.1) is 24.7 Å². The minimum Gasteiger partial charge on any atom is -0.493 e. The molecule has 4 aliphatic carbocycles. The third-order valence-corrected chi connectivity index (χ3v) is 10.4. The molecule has 1 N–H and O–H groups in total. The van der Waals surface area contributed by atoms with E-state index in [0.29, 0.717) is 27.9 Å². The van der Waals surface area contributed by atoms with Crippen LogP contribution in [0.1, 0.15) is 75.0 Å². The van der Waals surface area contributed by atoms with Crippen molar-refractivity contribution in [3.8, 4) is 17.2 Å². The second-order valence-electron chi connectivity index (χ2n) is 13.3. The van der Waals surface area contributed by atoms with Gasteiger partial charge in [0.05, 0.1) is 18.6 Å². The predicted octanol–water partition coefficient (Wildman–Crippen LogP) is 6.71. The van der Waals surface area contributed by atoms with Gasteiger partial charge in [-0.3, -0.25) is 19.3 Å². The van der Waals surface area contributed by atoms with Gasteiger partial charge >= 0.3 is 0 Å². The molecule has 7 rings (SSSR count). The first kappa shape index (κ1) is 30.6. The Morgan fingerprint density at radius 1 is 1.00 bits per heavy atom. The molecule has 44 heavy (non-hydrogen) atoms. The molecule has 1 heterocycles. The molecule has 8 nitrogen and oxygen atoms in total. The summed E-state index contributed by atoms with van der Waals surface area (Å²) in [6.07, 6.45) is 8.91. The maximum Gasteiger partial charge on any atom is 0.293 e. The van der Waals surface area contributed by atoms with Gasteiger partial charge in [-0.25, -0.2) is 0 Å². The monoisotopic (exact) mass is 618 g/mol. The van der Waals surface area contributed by atoms with Crippen LogP contribution in [0.2, 0.25) is 0 Å². The molecule has 1 aliphatic heterocycles. The lowest BCUT2D eigenvalue weighted by atomic mass is 9.53. The molecule has 1 saturated heterocycles. The topological polar surface area (TPSA) is 94.2 Å². The summed E-state index contributed by atoms with van der Waals surface area (Å²) >= 11 is 0.909. The molecule has 4 saturated carbocycles. The van der Waals surface area contributed by atoms with Crippen LogP contribution in [-0.4, -0.2) is 54.4 Å². The zero-order valence-corrected chi connectivity index (χ0v) is 26.8. The minimum atomic E-state index is -0.349. The number of imide groups is 1. The average Bonchev–Trinajstić information content (AvgIpc) is 3.22. The van der Waals surface area contributed by atoms with Crippen LogP contribution in [0.15, 0.2) is 41.3 Å². The number of carbonyl (C=O) groups excluding carboxylic acids is 3. The van der Waals surface area contributed by atoms with Crippen molar-refractivity contribution < 1.29 is 28.6 Å². The molecule has 3 amide bonds. The Morgan fingerprint density at radius 2 is 1.70 bits per heavy atom. The number of aryl methyl sites for hydroxylation is 1. The number of methoxy groups -OCH3 is 1. The van der Waals surface area contributed by atoms with Gasteiger partial charge < -0.3 is 19.5 Å². The molecule has 0 aromatic heterocycles. The van der Waals surface area contributed by atoms with Crippen molar-refractivity contribution in [3.63, 3.8) is 0 Å². The van der Waals surface area contributed by atoms with Crippen LogP contribution < -0.4 is 19.5 Å². The van der Waals surface area contributed by atoms with E-state index in [4.69, 9.17) is 14.2 Å². The highest BCUT2D eigenvalue weighted by Gasteiger charge is 2.51. The summed E-state index contributed by atoms with van der Waals surface area (Å²) < 4.78 is 17.4. The summed E-state index contributed by atoms with van der Waals surface area (Å²) in [5.74, 6) is 3.78. The van der Waals surface area contributed by atoms with Crippen molar-refractivity contribution >= 4 is 34.9 Å². The van der Waals surface area contributed by atoms with Crippen LogP contribution >= 0.6 is 11.8 Å². The fourth-order valence-electron chi connectivity index (χ4n) is 7.97. The molecule has 0 unspecified atom stereocenters. The van der Waals surface area contributed by atoms with Crippen LogP contribution in [0.25, 0.3) is 6.08 Å². The van der Waals surface area contributed by atoms with Crippen molar-refractivity contribution in [3.05, 3.63) is 58.0 Å². The second kappa shape index (κ2) is 12.5. The fourth-order valence-corrected chi connectivity index (χ4v) is 8.83. The Labute approximate surface area is 263 Å². The molecule has 2 aromatic rings. The largest absolute Gasteiger partial charge is 0.493 e. The molecule has 2 aromatic carbocycles. The van der Waals surface area contributed by atoms with Crippen LogP contribution in [0.5, 0.6) is 17.2 Å². The molecular formula is C35H42N2O6S. The van der Waals surface area contributed by atoms with E-state index < -0.39 is 0 Å². The van der Waals surface area contributed by atoms with Crippen molar-refractivity contribution in [2.24, 2.45) is 17.8 Å². The molecule has 0 radical (unpaired) electrons. The molecule has 4 bridgehead atoms. The number of hydrogen-bond acceptors (Lipinski definition) is 7. The Kier molecular flexibility index (Phi) is 8.68. The van der Waals surface area contributed by atoms with E-state index in [-0.39, 0.29) is 42.4 Å². The van der Waals surface area contributed by atoms with Gasteiger partial charge in [-0.05, 0) is 122 Å². The molecule has 9 heteroatoms. The zero-order valence-electron chi connectivity index (χ0n) is 26.0. The molecule has 234 valence electrons. The Bertz CT molecular complexity index is 1450. The van der Waals surface area contributed by atoms with E-state index in [9.17, 15) is 14.4 Å². The van der Waals surface area contributed by atoms with Crippen LogP contribution in [-0.2, 0) is 9.59 Å². The number of nitrogens with zero attached hydrogens (tertiary/aromatic N) is 1. The smallest absolute Gasteiger partial charge is 0.293 e. The molecule has 5 aliphatic rings. The summed E-state index contributed by atoms with van der Waals surface area (Å²) in [5, 5.41) is 3.01. The number of thioether (sulfide) groups is 1. The SMILES string of the molecule is COc1cc(/C=C2\SC(=O)N(CCOc3cc(C)ccc3C(C)C)C2=O)ccc1OCC(=O)NC12CC3CC(CC(C3)C1)C2. The third kappa shape index (κ3) is 6.48. The average molecular weight is 619 g/mol. The first-order valence-corrected chi connectivity index (χ1v) is 16.5. The number of ether oxygens (including phenoxy) is 3. The van der Waals surface area contributed by atoms with Gasteiger partial charge in [-0.2, -0.15) is 0 Å². The van der Waals surface area contributed by atoms with Gasteiger partial charge in [-0.15, -0.1) is 0 Å². The Morgan fingerprint density at radius 3 is 2.36 bits per heavy atom. The minimum absolute atomic E-state index is 0.0597. The molecular weight excluding hydrogens is 576 g/mol. The first-order chi connectivity index (χ1) is 21.1. The number of hydrogen-bond donors (Lipinski definition) is 1.